The molecule has 3 rings (SSSR count). The molecule has 0 saturated heterocycles. The van der Waals surface area contributed by atoms with E-state index >= 15 is 0 Å². The summed E-state index contributed by atoms with van der Waals surface area (Å²) in [6.45, 7) is 3.19. The van der Waals surface area contributed by atoms with Crippen LogP contribution < -0.4 is 26.6 Å². The highest BCUT2D eigenvalue weighted by atomic mass is 16.5. The Morgan fingerprint density at radius 3 is 2.53 bits per heavy atom. The van der Waals surface area contributed by atoms with Crippen molar-refractivity contribution >= 4 is 29.5 Å². The van der Waals surface area contributed by atoms with Gasteiger partial charge in [0.15, 0.2) is 23.8 Å². The lowest BCUT2D eigenvalue weighted by molar-refractivity contribution is -0.142. The second-order valence-corrected chi connectivity index (χ2v) is 8.84. The Labute approximate surface area is 218 Å². The Hall–Kier alpha value is -4.80. The number of aromatic amines is 1. The van der Waals surface area contributed by atoms with E-state index in [1.165, 1.54) is 29.9 Å². The van der Waals surface area contributed by atoms with Gasteiger partial charge in [0, 0.05) is 12.6 Å². The second kappa shape index (κ2) is 12.4. The molecule has 2 aromatic carbocycles. The molecule has 0 spiro atoms. The van der Waals surface area contributed by atoms with Gasteiger partial charge in [-0.15, -0.1) is 0 Å². The zero-order valence-electron chi connectivity index (χ0n) is 21.3. The van der Waals surface area contributed by atoms with E-state index in [0.29, 0.717) is 5.56 Å². The first kappa shape index (κ1) is 27.8. The number of hydrogen-bond acceptors (Lipinski definition) is 8. The number of carbonyl (C=O) groups excluding carboxylic acids is 2. The average Bonchev–Trinajstić information content (AvgIpc) is 2.88. The van der Waals surface area contributed by atoms with Crippen LogP contribution in [0.25, 0.3) is 6.08 Å². The number of benzene rings is 2. The summed E-state index contributed by atoms with van der Waals surface area (Å²) in [5, 5.41) is 9.68. The van der Waals surface area contributed by atoms with E-state index in [0.717, 1.165) is 16.5 Å². The number of methoxy groups -OCH3 is 1. The maximum absolute atomic E-state index is 13.1. The largest absolute Gasteiger partial charge is 0.504 e. The van der Waals surface area contributed by atoms with Gasteiger partial charge in [-0.05, 0) is 35.3 Å². The third-order valence-corrected chi connectivity index (χ3v) is 5.47. The number of phenolic OH excluding ortho intramolecular Hbond substituents is 1. The van der Waals surface area contributed by atoms with Crippen LogP contribution in [-0.4, -0.2) is 46.8 Å². The molecule has 4 N–H and O–H groups in total. The van der Waals surface area contributed by atoms with Crippen LogP contribution >= 0.6 is 0 Å². The molecule has 0 aliphatic rings. The molecular formula is C27H30N4O7. The van der Waals surface area contributed by atoms with Gasteiger partial charge >= 0.3 is 11.7 Å². The van der Waals surface area contributed by atoms with Gasteiger partial charge in [0.1, 0.15) is 5.82 Å². The van der Waals surface area contributed by atoms with Gasteiger partial charge in [0.05, 0.1) is 13.7 Å². The molecule has 0 atom stereocenters. The predicted octanol–water partition coefficient (Wildman–Crippen LogP) is 2.13. The predicted molar refractivity (Wildman–Crippen MR) is 143 cm³/mol. The van der Waals surface area contributed by atoms with Crippen LogP contribution in [0.2, 0.25) is 0 Å². The fourth-order valence-electron chi connectivity index (χ4n) is 3.67. The number of hydrogen-bond donors (Lipinski definition) is 3. The van der Waals surface area contributed by atoms with Crippen molar-refractivity contribution in [2.24, 2.45) is 5.92 Å². The maximum Gasteiger partial charge on any atom is 0.331 e. The van der Waals surface area contributed by atoms with Gasteiger partial charge in [-0.1, -0.05) is 50.2 Å². The Bertz CT molecular complexity index is 1440. The van der Waals surface area contributed by atoms with Crippen LogP contribution in [0.5, 0.6) is 11.5 Å². The number of H-pyrrole nitrogens is 1. The summed E-state index contributed by atoms with van der Waals surface area (Å²) in [6.07, 6.45) is 2.55. The van der Waals surface area contributed by atoms with E-state index in [2.05, 4.69) is 4.98 Å². The minimum Gasteiger partial charge on any atom is -0.504 e. The SMILES string of the molecule is COc1cc(/C=C/C(=O)OCC(=O)N(CC(C)C)c2c(N)n(Cc3ccccc3)c(=O)[nH]c2=O)ccc1O. The first-order chi connectivity index (χ1) is 18.1. The number of esters is 1. The van der Waals surface area contributed by atoms with Crippen molar-refractivity contribution < 1.29 is 24.2 Å². The molecule has 38 heavy (non-hydrogen) atoms. The number of phenols is 1. The van der Waals surface area contributed by atoms with E-state index in [-0.39, 0.29) is 42.0 Å². The fraction of sp³-hybridized carbons (Fsp3) is 0.259. The number of ether oxygens (including phenoxy) is 2. The molecule has 0 radical (unpaired) electrons. The summed E-state index contributed by atoms with van der Waals surface area (Å²) in [6, 6.07) is 13.5. The molecule has 0 aliphatic heterocycles. The molecule has 1 aromatic heterocycles. The van der Waals surface area contributed by atoms with E-state index in [9.17, 15) is 24.3 Å². The molecule has 11 heteroatoms. The van der Waals surface area contributed by atoms with Crippen LogP contribution in [0.15, 0.2) is 64.2 Å². The van der Waals surface area contributed by atoms with Crippen molar-refractivity contribution in [2.75, 3.05) is 30.9 Å². The zero-order valence-corrected chi connectivity index (χ0v) is 21.3. The number of nitrogen functional groups attached to an aromatic ring is 1. The van der Waals surface area contributed by atoms with Crippen molar-refractivity contribution in [1.82, 2.24) is 9.55 Å². The molecule has 0 unspecified atom stereocenters. The summed E-state index contributed by atoms with van der Waals surface area (Å²) in [5.74, 6) is -1.56. The number of aromatic hydroxyl groups is 1. The number of aromatic nitrogens is 2. The molecular weight excluding hydrogens is 492 g/mol. The summed E-state index contributed by atoms with van der Waals surface area (Å²) >= 11 is 0. The second-order valence-electron chi connectivity index (χ2n) is 8.84. The highest BCUT2D eigenvalue weighted by Gasteiger charge is 2.26. The maximum atomic E-state index is 13.1. The zero-order chi connectivity index (χ0) is 27.8. The third kappa shape index (κ3) is 6.90. The highest BCUT2D eigenvalue weighted by molar-refractivity contribution is 5.98. The van der Waals surface area contributed by atoms with Gasteiger partial charge in [0.25, 0.3) is 11.5 Å². The Morgan fingerprint density at radius 1 is 1.16 bits per heavy atom. The van der Waals surface area contributed by atoms with Crippen molar-refractivity contribution in [3.05, 3.63) is 86.6 Å². The lowest BCUT2D eigenvalue weighted by Crippen LogP contribution is -2.44. The lowest BCUT2D eigenvalue weighted by Gasteiger charge is -2.26. The van der Waals surface area contributed by atoms with E-state index in [4.69, 9.17) is 15.2 Å². The molecule has 200 valence electrons. The van der Waals surface area contributed by atoms with E-state index in [1.54, 1.807) is 30.3 Å². The molecule has 1 heterocycles. The van der Waals surface area contributed by atoms with E-state index < -0.39 is 29.7 Å². The lowest BCUT2D eigenvalue weighted by atomic mass is 10.2. The number of nitrogens with one attached hydrogen (secondary N) is 1. The van der Waals surface area contributed by atoms with Crippen molar-refractivity contribution in [3.8, 4) is 11.5 Å². The van der Waals surface area contributed by atoms with Gasteiger partial charge in [0.2, 0.25) is 0 Å². The minimum atomic E-state index is -0.821. The summed E-state index contributed by atoms with van der Waals surface area (Å²) in [5.41, 5.74) is 5.86. The summed E-state index contributed by atoms with van der Waals surface area (Å²) < 4.78 is 11.3. The fourth-order valence-corrected chi connectivity index (χ4v) is 3.67. The molecule has 1 amide bonds. The number of amides is 1. The van der Waals surface area contributed by atoms with Crippen LogP contribution in [0.3, 0.4) is 0 Å². The molecule has 0 bridgehead atoms. The summed E-state index contributed by atoms with van der Waals surface area (Å²) in [4.78, 5) is 54.0. The number of nitrogens with zero attached hydrogens (tertiary/aromatic N) is 2. The smallest absolute Gasteiger partial charge is 0.331 e. The Balaban J connectivity index is 1.81. The number of nitrogens with two attached hydrogens (primary N) is 1. The van der Waals surface area contributed by atoms with Gasteiger partial charge in [-0.25, -0.2) is 9.59 Å². The Kier molecular flexibility index (Phi) is 9.09. The molecule has 0 aliphatic carbocycles. The van der Waals surface area contributed by atoms with E-state index in [1.807, 2.05) is 19.9 Å². The third-order valence-electron chi connectivity index (χ3n) is 5.47. The molecule has 0 saturated carbocycles. The van der Waals surface area contributed by atoms with Crippen molar-refractivity contribution in [2.45, 2.75) is 20.4 Å². The van der Waals surface area contributed by atoms with Crippen LogP contribution in [0.1, 0.15) is 25.0 Å². The van der Waals surface area contributed by atoms with Crippen LogP contribution in [0, 0.1) is 5.92 Å². The number of anilines is 2. The quantitative estimate of drug-likeness (QED) is 0.270. The normalized spacial score (nSPS) is 11.1. The average molecular weight is 523 g/mol. The van der Waals surface area contributed by atoms with Crippen molar-refractivity contribution in [1.29, 1.82) is 0 Å². The number of rotatable bonds is 10. The summed E-state index contributed by atoms with van der Waals surface area (Å²) in [7, 11) is 1.40. The first-order valence-electron chi connectivity index (χ1n) is 11.8. The highest BCUT2D eigenvalue weighted by Crippen LogP contribution is 2.26. The molecule has 3 aromatic rings. The molecule has 0 fully saturated rings. The van der Waals surface area contributed by atoms with Gasteiger partial charge in [-0.2, -0.15) is 0 Å². The van der Waals surface area contributed by atoms with Gasteiger partial charge < -0.3 is 25.2 Å². The topological polar surface area (TPSA) is 157 Å². The van der Waals surface area contributed by atoms with Crippen LogP contribution in [-0.2, 0) is 20.9 Å². The Morgan fingerprint density at radius 2 is 1.87 bits per heavy atom. The minimum absolute atomic E-state index is 0.0487. The van der Waals surface area contributed by atoms with Crippen molar-refractivity contribution in [3.63, 3.8) is 0 Å². The number of carbonyl (C=O) groups is 2. The monoisotopic (exact) mass is 522 g/mol. The van der Waals surface area contributed by atoms with Gasteiger partial charge in [-0.3, -0.25) is 19.1 Å². The standard InChI is InChI=1S/C27H30N4O7/c1-17(2)14-30(22(33)16-38-23(34)12-10-18-9-11-20(32)21(13-18)37-3)24-25(28)31(27(36)29-26(24)35)15-19-7-5-4-6-8-19/h4-13,17,32H,14-16,28H2,1-3H3,(H,29,35,36)/b12-10+. The first-order valence-corrected chi connectivity index (χ1v) is 11.8. The molecule has 11 nitrogen and oxygen atoms in total. The van der Waals surface area contributed by atoms with Crippen LogP contribution in [0.4, 0.5) is 11.5 Å².